The fraction of sp³-hybridized carbons (Fsp3) is 0.400. The first-order valence-corrected chi connectivity index (χ1v) is 9.61. The van der Waals surface area contributed by atoms with Crippen LogP contribution in [0.25, 0.3) is 0 Å². The van der Waals surface area contributed by atoms with Crippen LogP contribution < -0.4 is 9.44 Å². The van der Waals surface area contributed by atoms with Gasteiger partial charge in [0, 0.05) is 11.7 Å². The average Bonchev–Trinajstić information content (AvgIpc) is 2.27. The Balaban J connectivity index is 2.94. The third-order valence-corrected chi connectivity index (χ3v) is 6.29. The van der Waals surface area contributed by atoms with Crippen molar-refractivity contribution in [3.05, 3.63) is 24.3 Å². The molecule has 0 bridgehead atoms. The quantitative estimate of drug-likeness (QED) is 0.741. The summed E-state index contributed by atoms with van der Waals surface area (Å²) in [5.41, 5.74) is 0.308. The van der Waals surface area contributed by atoms with Crippen LogP contribution in [0.2, 0.25) is 0 Å². The highest BCUT2D eigenvalue weighted by atomic mass is 79.9. The summed E-state index contributed by atoms with van der Waals surface area (Å²) in [7, 11) is -7.00. The van der Waals surface area contributed by atoms with Gasteiger partial charge in [0.2, 0.25) is 20.0 Å². The molecule has 0 unspecified atom stereocenters. The van der Waals surface area contributed by atoms with E-state index < -0.39 is 20.0 Å². The van der Waals surface area contributed by atoms with Gasteiger partial charge in [-0.25, -0.2) is 21.6 Å². The first kappa shape index (κ1) is 16.4. The van der Waals surface area contributed by atoms with Crippen LogP contribution in [-0.2, 0) is 20.0 Å². The van der Waals surface area contributed by atoms with Crippen molar-refractivity contribution in [1.29, 1.82) is 0 Å². The van der Waals surface area contributed by atoms with Gasteiger partial charge in [-0.3, -0.25) is 4.72 Å². The normalized spacial score (nSPS) is 12.6. The van der Waals surface area contributed by atoms with Crippen molar-refractivity contribution in [3.63, 3.8) is 0 Å². The number of rotatable bonds is 6. The lowest BCUT2D eigenvalue weighted by Gasteiger charge is -2.10. The van der Waals surface area contributed by atoms with E-state index >= 15 is 0 Å². The summed E-state index contributed by atoms with van der Waals surface area (Å²) in [6.45, 7) is 3.44. The summed E-state index contributed by atoms with van der Waals surface area (Å²) >= 11 is 2.85. The van der Waals surface area contributed by atoms with Crippen LogP contribution in [0.3, 0.4) is 0 Å². The van der Waals surface area contributed by atoms with Crippen molar-refractivity contribution < 1.29 is 16.8 Å². The van der Waals surface area contributed by atoms with Crippen LogP contribution >= 0.6 is 15.9 Å². The lowest BCUT2D eigenvalue weighted by atomic mass is 10.3. The van der Waals surface area contributed by atoms with Crippen LogP contribution in [0.4, 0.5) is 5.69 Å². The van der Waals surface area contributed by atoms with E-state index in [1.165, 1.54) is 24.3 Å². The smallest absolute Gasteiger partial charge is 0.242 e. The first-order valence-electron chi connectivity index (χ1n) is 5.35. The molecule has 0 radical (unpaired) electrons. The molecule has 9 heteroatoms. The molecule has 1 aromatic rings. The monoisotopic (exact) mass is 370 g/mol. The molecule has 1 aromatic carbocycles. The van der Waals surface area contributed by atoms with Gasteiger partial charge in [-0.15, -0.1) is 0 Å². The zero-order valence-electron chi connectivity index (χ0n) is 10.4. The van der Waals surface area contributed by atoms with E-state index in [0.717, 1.165) is 0 Å². The zero-order chi connectivity index (χ0) is 14.7. The van der Waals surface area contributed by atoms with Crippen LogP contribution in [0.1, 0.15) is 13.8 Å². The fourth-order valence-corrected chi connectivity index (χ4v) is 3.43. The van der Waals surface area contributed by atoms with E-state index in [1.807, 2.05) is 0 Å². The highest BCUT2D eigenvalue weighted by molar-refractivity contribution is 9.10. The number of nitrogens with one attached hydrogen (secondary N) is 2. The summed E-state index contributed by atoms with van der Waals surface area (Å²) in [6, 6.07) is 5.27. The molecule has 6 nitrogen and oxygen atoms in total. The van der Waals surface area contributed by atoms with Crippen molar-refractivity contribution in [3.8, 4) is 0 Å². The largest absolute Gasteiger partial charge is 0.283 e. The molecule has 0 fully saturated rings. The van der Waals surface area contributed by atoms with E-state index in [9.17, 15) is 16.8 Å². The molecule has 0 aliphatic carbocycles. The predicted octanol–water partition coefficient (Wildman–Crippen LogP) is 1.47. The predicted molar refractivity (Wildman–Crippen MR) is 78.2 cm³/mol. The molecular formula is C10H15BrN2O4S2. The second-order valence-electron chi connectivity index (χ2n) is 4.13. The van der Waals surface area contributed by atoms with Gasteiger partial charge >= 0.3 is 0 Å². The van der Waals surface area contributed by atoms with Crippen molar-refractivity contribution in [2.75, 3.05) is 9.38 Å². The van der Waals surface area contributed by atoms with Gasteiger partial charge in [0.1, 0.15) is 4.66 Å². The summed E-state index contributed by atoms with van der Waals surface area (Å²) in [5, 5.41) is 0. The second kappa shape index (κ2) is 6.21. The van der Waals surface area contributed by atoms with E-state index in [2.05, 4.69) is 25.4 Å². The first-order chi connectivity index (χ1) is 8.66. The molecule has 1 rings (SSSR count). The molecule has 0 spiro atoms. The molecule has 0 heterocycles. The highest BCUT2D eigenvalue weighted by Crippen LogP contribution is 2.15. The Morgan fingerprint density at radius 1 is 1.11 bits per heavy atom. The molecule has 0 atom stereocenters. The van der Waals surface area contributed by atoms with Gasteiger partial charge in [-0.05, 0) is 38.1 Å². The van der Waals surface area contributed by atoms with Crippen LogP contribution in [0.15, 0.2) is 29.2 Å². The number of sulfonamides is 2. The number of hydrogen-bond donors (Lipinski definition) is 2. The van der Waals surface area contributed by atoms with E-state index in [4.69, 9.17) is 0 Å². The summed E-state index contributed by atoms with van der Waals surface area (Å²) in [6.07, 6.45) is 0. The van der Waals surface area contributed by atoms with Crippen molar-refractivity contribution in [2.24, 2.45) is 0 Å². The number of benzene rings is 1. The molecular weight excluding hydrogens is 356 g/mol. The Morgan fingerprint density at radius 2 is 1.63 bits per heavy atom. The Labute approximate surface area is 121 Å². The molecule has 0 saturated carbocycles. The van der Waals surface area contributed by atoms with Gasteiger partial charge in [-0.1, -0.05) is 15.9 Å². The third kappa shape index (κ3) is 5.09. The van der Waals surface area contributed by atoms with Gasteiger partial charge in [-0.2, -0.15) is 0 Å². The standard InChI is InChI=1S/C10H15BrN2O4S2/c1-8(2)12-19(16,17)10-5-3-9(4-6-10)13-18(14,15)7-11/h3-6,8,12-13H,7H2,1-2H3. The van der Waals surface area contributed by atoms with Gasteiger partial charge < -0.3 is 0 Å². The number of alkyl halides is 1. The molecule has 0 aliphatic rings. The van der Waals surface area contributed by atoms with E-state index in [-0.39, 0.29) is 15.6 Å². The number of anilines is 1. The Kier molecular flexibility index (Phi) is 5.36. The minimum absolute atomic E-state index is 0.0861. The van der Waals surface area contributed by atoms with Crippen molar-refractivity contribution in [1.82, 2.24) is 4.72 Å². The zero-order valence-corrected chi connectivity index (χ0v) is 13.6. The van der Waals surface area contributed by atoms with Crippen molar-refractivity contribution >= 4 is 41.7 Å². The Morgan fingerprint density at radius 3 is 2.05 bits per heavy atom. The van der Waals surface area contributed by atoms with Gasteiger partial charge in [0.15, 0.2) is 0 Å². The van der Waals surface area contributed by atoms with Gasteiger partial charge in [0.05, 0.1) is 4.90 Å². The molecule has 0 amide bonds. The van der Waals surface area contributed by atoms with Crippen LogP contribution in [0.5, 0.6) is 0 Å². The third-order valence-electron chi connectivity index (χ3n) is 1.97. The summed E-state index contributed by atoms with van der Waals surface area (Å²) < 4.78 is 50.8. The molecule has 108 valence electrons. The number of hydrogen-bond acceptors (Lipinski definition) is 4. The Bertz CT molecular complexity index is 624. The van der Waals surface area contributed by atoms with Crippen LogP contribution in [0, 0.1) is 0 Å². The fourth-order valence-electron chi connectivity index (χ4n) is 1.29. The topological polar surface area (TPSA) is 92.3 Å². The highest BCUT2D eigenvalue weighted by Gasteiger charge is 2.15. The van der Waals surface area contributed by atoms with Crippen molar-refractivity contribution in [2.45, 2.75) is 24.8 Å². The van der Waals surface area contributed by atoms with Gasteiger partial charge in [0.25, 0.3) is 0 Å². The van der Waals surface area contributed by atoms with E-state index in [1.54, 1.807) is 13.8 Å². The lowest BCUT2D eigenvalue weighted by molar-refractivity contribution is 0.570. The SMILES string of the molecule is CC(C)NS(=O)(=O)c1ccc(NS(=O)(=O)CBr)cc1. The van der Waals surface area contributed by atoms with E-state index in [0.29, 0.717) is 5.69 Å². The Hall–Kier alpha value is -0.640. The lowest BCUT2D eigenvalue weighted by Crippen LogP contribution is -2.30. The number of halogens is 1. The van der Waals surface area contributed by atoms with Crippen LogP contribution in [-0.4, -0.2) is 27.5 Å². The maximum Gasteiger partial charge on any atom is 0.242 e. The molecule has 19 heavy (non-hydrogen) atoms. The molecule has 2 N–H and O–H groups in total. The maximum atomic E-state index is 11.8. The maximum absolute atomic E-state index is 11.8. The minimum atomic E-state index is -3.56. The summed E-state index contributed by atoms with van der Waals surface area (Å²) in [5.74, 6) is 0. The molecule has 0 aromatic heterocycles. The summed E-state index contributed by atoms with van der Waals surface area (Å²) in [4.78, 5) is 0.0861. The minimum Gasteiger partial charge on any atom is -0.283 e. The molecule has 0 aliphatic heterocycles. The molecule has 0 saturated heterocycles. The average molecular weight is 371 g/mol. The second-order valence-corrected chi connectivity index (χ2v) is 8.87.